The normalized spacial score (nSPS) is 12.5. The molecule has 29 heavy (non-hydrogen) atoms. The van der Waals surface area contributed by atoms with Gasteiger partial charge in [0.2, 0.25) is 6.79 Å². The summed E-state index contributed by atoms with van der Waals surface area (Å²) in [4.78, 5) is 20.1. The van der Waals surface area contributed by atoms with Crippen molar-refractivity contribution in [2.24, 2.45) is 0 Å². The SMILES string of the molecule is Cc1cc(-c2cc(C(=O)Nc3ccc4c(c3)OCO4)c3c(C)noc3n2)c(C)s1. The number of benzene rings is 1. The summed E-state index contributed by atoms with van der Waals surface area (Å²) in [6.07, 6.45) is 0. The highest BCUT2D eigenvalue weighted by atomic mass is 32.1. The van der Waals surface area contributed by atoms with Gasteiger partial charge in [-0.1, -0.05) is 5.16 Å². The van der Waals surface area contributed by atoms with Crippen LogP contribution in [-0.2, 0) is 0 Å². The van der Waals surface area contributed by atoms with Crippen molar-refractivity contribution < 1.29 is 18.8 Å². The third-order valence-electron chi connectivity index (χ3n) is 4.81. The van der Waals surface area contributed by atoms with Crippen LogP contribution < -0.4 is 14.8 Å². The lowest BCUT2D eigenvalue weighted by atomic mass is 10.1. The maximum Gasteiger partial charge on any atom is 0.259 e. The molecule has 4 heterocycles. The van der Waals surface area contributed by atoms with Crippen LogP contribution in [0, 0.1) is 20.8 Å². The Morgan fingerprint density at radius 3 is 2.72 bits per heavy atom. The van der Waals surface area contributed by atoms with Gasteiger partial charge in [-0.2, -0.15) is 0 Å². The predicted molar refractivity (Wildman–Crippen MR) is 110 cm³/mol. The van der Waals surface area contributed by atoms with Gasteiger partial charge in [-0.05, 0) is 45.0 Å². The molecule has 1 aromatic carbocycles. The molecule has 0 saturated carbocycles. The molecule has 8 heteroatoms. The van der Waals surface area contributed by atoms with Gasteiger partial charge < -0.3 is 19.3 Å². The summed E-state index contributed by atoms with van der Waals surface area (Å²) in [6.45, 7) is 6.06. The molecule has 0 radical (unpaired) electrons. The van der Waals surface area contributed by atoms with Crippen LogP contribution in [0.1, 0.15) is 25.8 Å². The summed E-state index contributed by atoms with van der Waals surface area (Å²) in [5.74, 6) is 0.997. The molecular formula is C21H17N3O4S. The lowest BCUT2D eigenvalue weighted by Gasteiger charge is -2.09. The van der Waals surface area contributed by atoms with Crippen molar-refractivity contribution in [2.75, 3.05) is 12.1 Å². The molecule has 0 unspecified atom stereocenters. The van der Waals surface area contributed by atoms with E-state index in [2.05, 4.69) is 21.5 Å². The second-order valence-electron chi connectivity index (χ2n) is 6.85. The van der Waals surface area contributed by atoms with Gasteiger partial charge in [-0.3, -0.25) is 4.79 Å². The van der Waals surface area contributed by atoms with Gasteiger partial charge >= 0.3 is 0 Å². The van der Waals surface area contributed by atoms with Crippen molar-refractivity contribution in [1.82, 2.24) is 10.1 Å². The monoisotopic (exact) mass is 407 g/mol. The van der Waals surface area contributed by atoms with E-state index in [0.29, 0.717) is 45.2 Å². The second kappa shape index (κ2) is 6.59. The molecule has 1 aliphatic heterocycles. The van der Waals surface area contributed by atoms with Crippen LogP contribution in [0.4, 0.5) is 5.69 Å². The topological polar surface area (TPSA) is 86.5 Å². The molecule has 0 spiro atoms. The number of nitrogens with one attached hydrogen (secondary N) is 1. The summed E-state index contributed by atoms with van der Waals surface area (Å²) >= 11 is 1.69. The Bertz CT molecular complexity index is 1270. The van der Waals surface area contributed by atoms with Gasteiger partial charge in [-0.25, -0.2) is 4.98 Å². The van der Waals surface area contributed by atoms with Gasteiger partial charge in [0.1, 0.15) is 0 Å². The fourth-order valence-corrected chi connectivity index (χ4v) is 4.40. The van der Waals surface area contributed by atoms with E-state index in [0.717, 1.165) is 10.4 Å². The highest BCUT2D eigenvalue weighted by Gasteiger charge is 2.21. The average Bonchev–Trinajstić information content (AvgIpc) is 3.39. The quantitative estimate of drug-likeness (QED) is 0.522. The lowest BCUT2D eigenvalue weighted by Crippen LogP contribution is -2.13. The Morgan fingerprint density at radius 2 is 1.93 bits per heavy atom. The number of aromatic nitrogens is 2. The number of rotatable bonds is 3. The van der Waals surface area contributed by atoms with Crippen LogP contribution in [-0.4, -0.2) is 22.8 Å². The summed E-state index contributed by atoms with van der Waals surface area (Å²) < 4.78 is 16.1. The zero-order chi connectivity index (χ0) is 20.1. The summed E-state index contributed by atoms with van der Waals surface area (Å²) in [6, 6.07) is 9.15. The van der Waals surface area contributed by atoms with Gasteiger partial charge in [0, 0.05) is 27.1 Å². The Kier molecular flexibility index (Phi) is 4.02. The third-order valence-corrected chi connectivity index (χ3v) is 5.78. The second-order valence-corrected chi connectivity index (χ2v) is 8.31. The van der Waals surface area contributed by atoms with E-state index in [1.807, 2.05) is 13.8 Å². The van der Waals surface area contributed by atoms with Crippen molar-refractivity contribution >= 4 is 34.0 Å². The highest BCUT2D eigenvalue weighted by Crippen LogP contribution is 2.35. The fourth-order valence-electron chi connectivity index (χ4n) is 3.47. The molecule has 0 atom stereocenters. The number of carbonyl (C=O) groups is 1. The molecule has 1 amide bonds. The Hall–Kier alpha value is -3.39. The van der Waals surface area contributed by atoms with E-state index in [-0.39, 0.29) is 12.7 Å². The number of amides is 1. The van der Waals surface area contributed by atoms with Gasteiger partial charge in [0.15, 0.2) is 11.5 Å². The van der Waals surface area contributed by atoms with Gasteiger partial charge in [0.25, 0.3) is 11.6 Å². The van der Waals surface area contributed by atoms with Crippen molar-refractivity contribution in [3.8, 4) is 22.8 Å². The molecule has 3 aromatic heterocycles. The molecule has 0 bridgehead atoms. The minimum Gasteiger partial charge on any atom is -0.454 e. The van der Waals surface area contributed by atoms with Crippen LogP contribution in [0.3, 0.4) is 0 Å². The van der Waals surface area contributed by atoms with E-state index in [1.54, 1.807) is 42.5 Å². The molecule has 0 aliphatic carbocycles. The molecule has 7 nitrogen and oxygen atoms in total. The van der Waals surface area contributed by atoms with Crippen molar-refractivity contribution in [3.05, 3.63) is 51.3 Å². The van der Waals surface area contributed by atoms with E-state index >= 15 is 0 Å². The number of fused-ring (bicyclic) bond motifs is 2. The predicted octanol–water partition coefficient (Wildman–Crippen LogP) is 4.86. The summed E-state index contributed by atoms with van der Waals surface area (Å²) in [5.41, 5.74) is 3.71. The minimum absolute atomic E-state index is 0.181. The molecule has 1 N–H and O–H groups in total. The molecule has 5 rings (SSSR count). The number of thiophene rings is 1. The summed E-state index contributed by atoms with van der Waals surface area (Å²) in [7, 11) is 0. The molecule has 0 fully saturated rings. The Labute approximate surface area is 170 Å². The number of pyridine rings is 1. The molecule has 146 valence electrons. The molecular weight excluding hydrogens is 390 g/mol. The van der Waals surface area contributed by atoms with Gasteiger partial charge in [-0.15, -0.1) is 11.3 Å². The number of hydrogen-bond acceptors (Lipinski definition) is 7. The first kappa shape index (κ1) is 17.7. The van der Waals surface area contributed by atoms with E-state index in [1.165, 1.54) is 4.88 Å². The number of ether oxygens (including phenoxy) is 2. The Balaban J connectivity index is 1.58. The van der Waals surface area contributed by atoms with Crippen LogP contribution in [0.25, 0.3) is 22.4 Å². The van der Waals surface area contributed by atoms with Crippen molar-refractivity contribution in [1.29, 1.82) is 0 Å². The van der Waals surface area contributed by atoms with Crippen LogP contribution >= 0.6 is 11.3 Å². The summed E-state index contributed by atoms with van der Waals surface area (Å²) in [5, 5.41) is 7.54. The standard InChI is InChI=1S/C21H17N3O4S/c1-10-6-14(12(3)29-10)16-8-15(19-11(2)24-28-21(19)23-16)20(25)22-13-4-5-17-18(7-13)27-9-26-17/h4-8H,9H2,1-3H3,(H,22,25). The number of hydrogen-bond donors (Lipinski definition) is 1. The van der Waals surface area contributed by atoms with Crippen molar-refractivity contribution in [3.63, 3.8) is 0 Å². The van der Waals surface area contributed by atoms with E-state index in [9.17, 15) is 4.79 Å². The smallest absolute Gasteiger partial charge is 0.259 e. The number of nitrogens with zero attached hydrogens (tertiary/aromatic N) is 2. The molecule has 4 aromatic rings. The molecule has 0 saturated heterocycles. The lowest BCUT2D eigenvalue weighted by molar-refractivity contribution is 0.102. The first-order valence-corrected chi connectivity index (χ1v) is 9.86. The molecule has 1 aliphatic rings. The Morgan fingerprint density at radius 1 is 1.10 bits per heavy atom. The van der Waals surface area contributed by atoms with Crippen LogP contribution in [0.2, 0.25) is 0 Å². The van der Waals surface area contributed by atoms with Crippen LogP contribution in [0.15, 0.2) is 34.9 Å². The zero-order valence-electron chi connectivity index (χ0n) is 16.0. The number of carbonyl (C=O) groups excluding carboxylic acids is 1. The first-order chi connectivity index (χ1) is 14.0. The highest BCUT2D eigenvalue weighted by molar-refractivity contribution is 7.12. The number of anilines is 1. The van der Waals surface area contributed by atoms with Crippen molar-refractivity contribution in [2.45, 2.75) is 20.8 Å². The average molecular weight is 407 g/mol. The van der Waals surface area contributed by atoms with Crippen LogP contribution in [0.5, 0.6) is 11.5 Å². The zero-order valence-corrected chi connectivity index (χ0v) is 16.8. The maximum atomic E-state index is 13.2. The number of aryl methyl sites for hydroxylation is 3. The van der Waals surface area contributed by atoms with Gasteiger partial charge in [0.05, 0.1) is 22.3 Å². The first-order valence-electron chi connectivity index (χ1n) is 9.05. The fraction of sp³-hybridized carbons (Fsp3) is 0.190. The van der Waals surface area contributed by atoms with E-state index < -0.39 is 0 Å². The minimum atomic E-state index is -0.270. The largest absolute Gasteiger partial charge is 0.454 e. The van der Waals surface area contributed by atoms with E-state index in [4.69, 9.17) is 14.0 Å². The maximum absolute atomic E-state index is 13.2. The third kappa shape index (κ3) is 3.01.